The van der Waals surface area contributed by atoms with Crippen LogP contribution in [-0.4, -0.2) is 69.5 Å². The average Bonchev–Trinajstić information content (AvgIpc) is 3.33. The van der Waals surface area contributed by atoms with E-state index in [9.17, 15) is 9.59 Å². The first kappa shape index (κ1) is 20.5. The monoisotopic (exact) mass is 420 g/mol. The van der Waals surface area contributed by atoms with Gasteiger partial charge in [-0.05, 0) is 18.2 Å². The highest BCUT2D eigenvalue weighted by molar-refractivity contribution is 6.04. The SMILES string of the molecule is O=C(Nc1ccc(OC(=O)N2CCN(CCc3cnc[nH]3)CC2)nc1)c1ccccc1. The summed E-state index contributed by atoms with van der Waals surface area (Å²) in [5.41, 5.74) is 2.19. The van der Waals surface area contributed by atoms with Gasteiger partial charge in [-0.3, -0.25) is 9.69 Å². The first-order valence-corrected chi connectivity index (χ1v) is 10.2. The Hall–Kier alpha value is -3.72. The van der Waals surface area contributed by atoms with Crippen LogP contribution < -0.4 is 10.1 Å². The Kier molecular flexibility index (Phi) is 6.53. The van der Waals surface area contributed by atoms with E-state index in [-0.39, 0.29) is 11.8 Å². The molecule has 1 aliphatic heterocycles. The van der Waals surface area contributed by atoms with Crippen LogP contribution in [-0.2, 0) is 6.42 Å². The molecule has 9 heteroatoms. The maximum atomic E-state index is 12.4. The largest absolute Gasteiger partial charge is 0.416 e. The Morgan fingerprint density at radius 3 is 2.52 bits per heavy atom. The van der Waals surface area contributed by atoms with Crippen molar-refractivity contribution < 1.29 is 14.3 Å². The number of amides is 2. The number of rotatable bonds is 6. The number of pyridine rings is 1. The van der Waals surface area contributed by atoms with Crippen molar-refractivity contribution in [3.05, 3.63) is 72.4 Å². The number of nitrogens with zero attached hydrogens (tertiary/aromatic N) is 4. The zero-order valence-corrected chi connectivity index (χ0v) is 17.0. The Labute approximate surface area is 180 Å². The van der Waals surface area contributed by atoms with Crippen molar-refractivity contribution in [1.82, 2.24) is 24.8 Å². The minimum atomic E-state index is -0.415. The molecule has 9 nitrogen and oxygen atoms in total. The lowest BCUT2D eigenvalue weighted by Gasteiger charge is -2.33. The Morgan fingerprint density at radius 2 is 1.84 bits per heavy atom. The second kappa shape index (κ2) is 9.86. The molecule has 1 fully saturated rings. The summed E-state index contributed by atoms with van der Waals surface area (Å²) in [5.74, 6) is -0.0260. The van der Waals surface area contributed by atoms with E-state index < -0.39 is 6.09 Å². The fourth-order valence-electron chi connectivity index (χ4n) is 3.32. The molecule has 3 aromatic rings. The Bertz CT molecular complexity index is 984. The average molecular weight is 420 g/mol. The van der Waals surface area contributed by atoms with Crippen LogP contribution in [0.2, 0.25) is 0 Å². The van der Waals surface area contributed by atoms with E-state index in [0.717, 1.165) is 31.7 Å². The summed E-state index contributed by atoms with van der Waals surface area (Å²) in [6, 6.07) is 12.1. The van der Waals surface area contributed by atoms with Crippen LogP contribution in [0.5, 0.6) is 5.88 Å². The summed E-state index contributed by atoms with van der Waals surface area (Å²) in [4.78, 5) is 39.9. The molecular weight excluding hydrogens is 396 g/mol. The number of imidazole rings is 1. The number of hydrogen-bond acceptors (Lipinski definition) is 6. The molecule has 160 valence electrons. The van der Waals surface area contributed by atoms with Crippen LogP contribution in [0, 0.1) is 0 Å². The zero-order chi connectivity index (χ0) is 21.5. The summed E-state index contributed by atoms with van der Waals surface area (Å²) in [5, 5.41) is 2.76. The van der Waals surface area contributed by atoms with E-state index >= 15 is 0 Å². The zero-order valence-electron chi connectivity index (χ0n) is 17.0. The van der Waals surface area contributed by atoms with E-state index in [4.69, 9.17) is 4.74 Å². The van der Waals surface area contributed by atoms with Gasteiger partial charge in [-0.15, -0.1) is 0 Å². The molecule has 0 radical (unpaired) electrons. The van der Waals surface area contributed by atoms with Gasteiger partial charge in [0.1, 0.15) is 0 Å². The summed E-state index contributed by atoms with van der Waals surface area (Å²) >= 11 is 0. The fourth-order valence-corrected chi connectivity index (χ4v) is 3.32. The number of anilines is 1. The van der Waals surface area contributed by atoms with Crippen molar-refractivity contribution in [3.8, 4) is 5.88 Å². The standard InChI is InChI=1S/C22H24N6O3/c29-21(17-4-2-1-3-5-17)26-19-6-7-20(24-15-19)31-22(30)28-12-10-27(11-13-28)9-8-18-14-23-16-25-18/h1-7,14-16H,8-13H2,(H,23,25)(H,26,29). The third-order valence-electron chi connectivity index (χ3n) is 5.10. The minimum absolute atomic E-state index is 0.199. The molecule has 0 aliphatic carbocycles. The lowest BCUT2D eigenvalue weighted by Crippen LogP contribution is -2.50. The molecule has 0 unspecified atom stereocenters. The van der Waals surface area contributed by atoms with Crippen LogP contribution in [0.3, 0.4) is 0 Å². The van der Waals surface area contributed by atoms with Gasteiger partial charge in [0.2, 0.25) is 5.88 Å². The lowest BCUT2D eigenvalue weighted by atomic mass is 10.2. The van der Waals surface area contributed by atoms with Crippen LogP contribution in [0.15, 0.2) is 61.2 Å². The quantitative estimate of drug-likeness (QED) is 0.635. The number of piperazine rings is 1. The number of nitrogens with one attached hydrogen (secondary N) is 2. The molecule has 1 saturated heterocycles. The van der Waals surface area contributed by atoms with Crippen molar-refractivity contribution in [1.29, 1.82) is 0 Å². The molecule has 2 aromatic heterocycles. The molecule has 0 spiro atoms. The molecule has 3 heterocycles. The minimum Gasteiger partial charge on any atom is -0.391 e. The van der Waals surface area contributed by atoms with E-state index in [1.165, 1.54) is 6.20 Å². The molecule has 31 heavy (non-hydrogen) atoms. The number of aromatic nitrogens is 3. The Morgan fingerprint density at radius 1 is 1.03 bits per heavy atom. The molecular formula is C22H24N6O3. The van der Waals surface area contributed by atoms with Crippen molar-refractivity contribution >= 4 is 17.7 Å². The molecule has 0 bridgehead atoms. The lowest BCUT2D eigenvalue weighted by molar-refractivity contribution is 0.102. The van der Waals surface area contributed by atoms with Gasteiger partial charge in [-0.2, -0.15) is 0 Å². The predicted molar refractivity (Wildman–Crippen MR) is 115 cm³/mol. The molecule has 2 amide bonds. The number of ether oxygens (including phenoxy) is 1. The molecule has 4 rings (SSSR count). The maximum absolute atomic E-state index is 12.4. The van der Waals surface area contributed by atoms with E-state index in [1.807, 2.05) is 12.3 Å². The molecule has 1 aliphatic rings. The summed E-state index contributed by atoms with van der Waals surface area (Å²) < 4.78 is 5.38. The summed E-state index contributed by atoms with van der Waals surface area (Å²) in [6.07, 6.45) is 5.47. The second-order valence-corrected chi connectivity index (χ2v) is 7.23. The van der Waals surface area contributed by atoms with Gasteiger partial charge in [0.25, 0.3) is 5.91 Å². The second-order valence-electron chi connectivity index (χ2n) is 7.23. The third-order valence-corrected chi connectivity index (χ3v) is 5.10. The van der Waals surface area contributed by atoms with Crippen molar-refractivity contribution in [3.63, 3.8) is 0 Å². The number of carbonyl (C=O) groups is 2. The van der Waals surface area contributed by atoms with Gasteiger partial charge in [0.15, 0.2) is 0 Å². The normalized spacial score (nSPS) is 14.3. The van der Waals surface area contributed by atoms with Gasteiger partial charge in [0.05, 0.1) is 18.2 Å². The number of carbonyl (C=O) groups excluding carboxylic acids is 2. The number of aromatic amines is 1. The number of benzene rings is 1. The smallest absolute Gasteiger partial charge is 0.391 e. The van der Waals surface area contributed by atoms with Crippen molar-refractivity contribution in [2.45, 2.75) is 6.42 Å². The highest BCUT2D eigenvalue weighted by Crippen LogP contribution is 2.15. The number of hydrogen-bond donors (Lipinski definition) is 2. The van der Waals surface area contributed by atoms with Gasteiger partial charge < -0.3 is 19.9 Å². The first-order chi connectivity index (χ1) is 15.2. The molecule has 2 N–H and O–H groups in total. The van der Waals surface area contributed by atoms with Gasteiger partial charge in [-0.1, -0.05) is 18.2 Å². The summed E-state index contributed by atoms with van der Waals surface area (Å²) in [6.45, 7) is 3.71. The first-order valence-electron chi connectivity index (χ1n) is 10.2. The third kappa shape index (κ3) is 5.67. The molecule has 0 atom stereocenters. The highest BCUT2D eigenvalue weighted by atomic mass is 16.6. The van der Waals surface area contributed by atoms with Crippen molar-refractivity contribution in [2.24, 2.45) is 0 Å². The van der Waals surface area contributed by atoms with E-state index in [2.05, 4.69) is 25.2 Å². The van der Waals surface area contributed by atoms with Crippen LogP contribution >= 0.6 is 0 Å². The van der Waals surface area contributed by atoms with Crippen molar-refractivity contribution in [2.75, 3.05) is 38.0 Å². The number of H-pyrrole nitrogens is 1. The maximum Gasteiger partial charge on any atom is 0.416 e. The van der Waals surface area contributed by atoms with E-state index in [0.29, 0.717) is 24.3 Å². The highest BCUT2D eigenvalue weighted by Gasteiger charge is 2.22. The predicted octanol–water partition coefficient (Wildman–Crippen LogP) is 2.42. The molecule has 0 saturated carbocycles. The Balaban J connectivity index is 1.22. The van der Waals surface area contributed by atoms with E-state index in [1.54, 1.807) is 47.6 Å². The van der Waals surface area contributed by atoms with Crippen LogP contribution in [0.25, 0.3) is 0 Å². The fraction of sp³-hybridized carbons (Fsp3) is 0.273. The topological polar surface area (TPSA) is 103 Å². The summed E-state index contributed by atoms with van der Waals surface area (Å²) in [7, 11) is 0. The van der Waals surface area contributed by atoms with Gasteiger partial charge >= 0.3 is 6.09 Å². The van der Waals surface area contributed by atoms with Gasteiger partial charge in [0, 0.05) is 62.7 Å². The van der Waals surface area contributed by atoms with Crippen LogP contribution in [0.1, 0.15) is 16.1 Å². The van der Waals surface area contributed by atoms with Crippen LogP contribution in [0.4, 0.5) is 10.5 Å². The van der Waals surface area contributed by atoms with Gasteiger partial charge in [-0.25, -0.2) is 14.8 Å². The molecule has 1 aromatic carbocycles.